The first-order valence-corrected chi connectivity index (χ1v) is 12.0. The molecule has 8 nitrogen and oxygen atoms in total. The Hall–Kier alpha value is -2.13. The predicted octanol–water partition coefficient (Wildman–Crippen LogP) is 2.52. The van der Waals surface area contributed by atoms with E-state index in [1.807, 2.05) is 0 Å². The smallest absolute Gasteiger partial charge is 0.331 e. The molecule has 3 rings (SSSR count). The highest BCUT2D eigenvalue weighted by Crippen LogP contribution is 2.32. The van der Waals surface area contributed by atoms with Crippen LogP contribution in [-0.4, -0.2) is 45.6 Å². The van der Waals surface area contributed by atoms with E-state index in [1.165, 1.54) is 25.3 Å². The minimum absolute atomic E-state index is 0.0823. The van der Waals surface area contributed by atoms with Gasteiger partial charge in [0.05, 0.1) is 13.7 Å². The molecule has 0 atom stereocenters. The van der Waals surface area contributed by atoms with Crippen LogP contribution in [0.5, 0.6) is 5.75 Å². The second kappa shape index (κ2) is 9.34. The number of carbonyl (C=O) groups is 2. The standard InChI is InChI=1S/C21H30N2O6S/c1-3-29-20(25)21(12-6-7-13-21)22-19(24)15-10-11-17(28-2)18(14-15)30(26,27)23-16-8-4-5-9-16/h10-11,14,16,23H,3-9,12-13H2,1-2H3,(H,22,24). The van der Waals surface area contributed by atoms with Gasteiger partial charge in [0.15, 0.2) is 0 Å². The highest BCUT2D eigenvalue weighted by atomic mass is 32.2. The molecule has 2 saturated carbocycles. The molecule has 0 bridgehead atoms. The van der Waals surface area contributed by atoms with Crippen molar-refractivity contribution in [2.45, 2.75) is 74.8 Å². The van der Waals surface area contributed by atoms with Gasteiger partial charge in [-0.15, -0.1) is 0 Å². The largest absolute Gasteiger partial charge is 0.495 e. The maximum atomic E-state index is 13.0. The molecule has 0 aromatic heterocycles. The zero-order valence-corrected chi connectivity index (χ0v) is 18.3. The molecule has 0 unspecified atom stereocenters. The van der Waals surface area contributed by atoms with Crippen LogP contribution in [-0.2, 0) is 19.6 Å². The Kier molecular flexibility index (Phi) is 7.02. The van der Waals surface area contributed by atoms with Crippen LogP contribution < -0.4 is 14.8 Å². The predicted molar refractivity (Wildman–Crippen MR) is 111 cm³/mol. The summed E-state index contributed by atoms with van der Waals surface area (Å²) in [6.45, 7) is 1.95. The van der Waals surface area contributed by atoms with Crippen LogP contribution in [0, 0.1) is 0 Å². The molecule has 2 fully saturated rings. The lowest BCUT2D eigenvalue weighted by Crippen LogP contribution is -2.53. The number of ether oxygens (including phenoxy) is 2. The van der Waals surface area contributed by atoms with E-state index in [0.717, 1.165) is 38.5 Å². The molecule has 0 spiro atoms. The summed E-state index contributed by atoms with van der Waals surface area (Å²) in [4.78, 5) is 25.4. The second-order valence-corrected chi connectivity index (χ2v) is 9.61. The number of rotatable bonds is 8. The van der Waals surface area contributed by atoms with Gasteiger partial charge >= 0.3 is 5.97 Å². The minimum atomic E-state index is -3.86. The Morgan fingerprint density at radius 1 is 1.13 bits per heavy atom. The molecular formula is C21H30N2O6S. The molecule has 1 amide bonds. The van der Waals surface area contributed by atoms with Gasteiger partial charge < -0.3 is 14.8 Å². The number of amides is 1. The first kappa shape index (κ1) is 22.6. The summed E-state index contributed by atoms with van der Waals surface area (Å²) in [6, 6.07) is 4.15. The zero-order chi connectivity index (χ0) is 21.8. The highest BCUT2D eigenvalue weighted by Gasteiger charge is 2.44. The number of benzene rings is 1. The van der Waals surface area contributed by atoms with E-state index in [-0.39, 0.29) is 28.9 Å². The van der Waals surface area contributed by atoms with Crippen LogP contribution in [0.3, 0.4) is 0 Å². The van der Waals surface area contributed by atoms with Gasteiger partial charge in [-0.25, -0.2) is 17.9 Å². The van der Waals surface area contributed by atoms with E-state index in [9.17, 15) is 18.0 Å². The molecule has 0 saturated heterocycles. The molecule has 2 aliphatic carbocycles. The summed E-state index contributed by atoms with van der Waals surface area (Å²) < 4.78 is 39.0. The third-order valence-electron chi connectivity index (χ3n) is 5.87. The van der Waals surface area contributed by atoms with Gasteiger partial charge in [-0.05, 0) is 50.8 Å². The van der Waals surface area contributed by atoms with Gasteiger partial charge in [0.2, 0.25) is 10.0 Å². The molecule has 2 N–H and O–H groups in total. The van der Waals surface area contributed by atoms with Gasteiger partial charge in [-0.1, -0.05) is 25.7 Å². The molecule has 1 aromatic carbocycles. The van der Waals surface area contributed by atoms with Crippen LogP contribution in [0.25, 0.3) is 0 Å². The quantitative estimate of drug-likeness (QED) is 0.604. The molecule has 0 aliphatic heterocycles. The molecule has 30 heavy (non-hydrogen) atoms. The van der Waals surface area contributed by atoms with Crippen molar-refractivity contribution < 1.29 is 27.5 Å². The van der Waals surface area contributed by atoms with Gasteiger partial charge in [-0.2, -0.15) is 0 Å². The van der Waals surface area contributed by atoms with E-state index in [4.69, 9.17) is 9.47 Å². The van der Waals surface area contributed by atoms with E-state index in [0.29, 0.717) is 12.8 Å². The number of nitrogens with one attached hydrogen (secondary N) is 2. The summed E-state index contributed by atoms with van der Waals surface area (Å²) >= 11 is 0. The fourth-order valence-corrected chi connectivity index (χ4v) is 5.77. The van der Waals surface area contributed by atoms with Crippen molar-refractivity contribution in [1.29, 1.82) is 0 Å². The lowest BCUT2D eigenvalue weighted by atomic mass is 9.97. The number of methoxy groups -OCH3 is 1. The van der Waals surface area contributed by atoms with E-state index in [2.05, 4.69) is 10.0 Å². The molecule has 9 heteroatoms. The number of sulfonamides is 1. The summed E-state index contributed by atoms with van der Waals surface area (Å²) in [5.74, 6) is -0.789. The molecule has 0 heterocycles. The Bertz CT molecular complexity index is 887. The number of carbonyl (C=O) groups excluding carboxylic acids is 2. The van der Waals surface area contributed by atoms with E-state index >= 15 is 0 Å². The van der Waals surface area contributed by atoms with Crippen molar-refractivity contribution in [2.24, 2.45) is 0 Å². The van der Waals surface area contributed by atoms with Crippen molar-refractivity contribution >= 4 is 21.9 Å². The van der Waals surface area contributed by atoms with Crippen LogP contribution in [0.2, 0.25) is 0 Å². The van der Waals surface area contributed by atoms with Crippen LogP contribution >= 0.6 is 0 Å². The van der Waals surface area contributed by atoms with Gasteiger partial charge in [0.1, 0.15) is 16.2 Å². The Balaban J connectivity index is 1.86. The van der Waals surface area contributed by atoms with Crippen molar-refractivity contribution in [3.8, 4) is 5.75 Å². The van der Waals surface area contributed by atoms with Crippen LogP contribution in [0.15, 0.2) is 23.1 Å². The number of esters is 1. The molecule has 1 aromatic rings. The topological polar surface area (TPSA) is 111 Å². The fourth-order valence-electron chi connectivity index (χ4n) is 4.27. The van der Waals surface area contributed by atoms with Gasteiger partial charge in [0.25, 0.3) is 5.91 Å². The van der Waals surface area contributed by atoms with Crippen LogP contribution in [0.1, 0.15) is 68.6 Å². The highest BCUT2D eigenvalue weighted by molar-refractivity contribution is 7.89. The molecule has 166 valence electrons. The fraction of sp³-hybridized carbons (Fsp3) is 0.619. The monoisotopic (exact) mass is 438 g/mol. The summed E-state index contributed by atoms with van der Waals surface area (Å²) in [6.07, 6.45) is 6.20. The van der Waals surface area contributed by atoms with E-state index in [1.54, 1.807) is 6.92 Å². The zero-order valence-electron chi connectivity index (χ0n) is 17.5. The first-order valence-electron chi connectivity index (χ1n) is 10.5. The maximum absolute atomic E-state index is 13.0. The van der Waals surface area contributed by atoms with Crippen molar-refractivity contribution in [1.82, 2.24) is 10.0 Å². The second-order valence-electron chi connectivity index (χ2n) is 7.93. The molecule has 2 aliphatic rings. The Morgan fingerprint density at radius 2 is 1.80 bits per heavy atom. The average molecular weight is 439 g/mol. The SMILES string of the molecule is CCOC(=O)C1(NC(=O)c2ccc(OC)c(S(=O)(=O)NC3CCCC3)c2)CCCC1. The third-order valence-corrected chi connectivity index (χ3v) is 7.41. The molecule has 0 radical (unpaired) electrons. The first-order chi connectivity index (χ1) is 14.3. The summed E-state index contributed by atoms with van der Waals surface area (Å²) in [5.41, 5.74) is -0.910. The summed E-state index contributed by atoms with van der Waals surface area (Å²) in [7, 11) is -2.47. The lowest BCUT2D eigenvalue weighted by molar-refractivity contribution is -0.150. The Labute approximate surface area is 177 Å². The van der Waals surface area contributed by atoms with E-state index < -0.39 is 27.4 Å². The van der Waals surface area contributed by atoms with Crippen molar-refractivity contribution in [3.63, 3.8) is 0 Å². The van der Waals surface area contributed by atoms with Crippen molar-refractivity contribution in [2.75, 3.05) is 13.7 Å². The lowest BCUT2D eigenvalue weighted by Gasteiger charge is -2.28. The minimum Gasteiger partial charge on any atom is -0.495 e. The number of hydrogen-bond donors (Lipinski definition) is 2. The van der Waals surface area contributed by atoms with Crippen molar-refractivity contribution in [3.05, 3.63) is 23.8 Å². The molecular weight excluding hydrogens is 408 g/mol. The van der Waals surface area contributed by atoms with Gasteiger partial charge in [0, 0.05) is 11.6 Å². The Morgan fingerprint density at radius 3 is 2.40 bits per heavy atom. The van der Waals surface area contributed by atoms with Crippen LogP contribution in [0.4, 0.5) is 0 Å². The normalized spacial score (nSPS) is 18.9. The third kappa shape index (κ3) is 4.78. The summed E-state index contributed by atoms with van der Waals surface area (Å²) in [5, 5.41) is 2.81. The number of hydrogen-bond acceptors (Lipinski definition) is 6. The van der Waals surface area contributed by atoms with Gasteiger partial charge in [-0.3, -0.25) is 4.79 Å². The average Bonchev–Trinajstić information content (AvgIpc) is 3.40. The maximum Gasteiger partial charge on any atom is 0.331 e.